The van der Waals surface area contributed by atoms with E-state index in [1.54, 1.807) is 24.3 Å². The van der Waals surface area contributed by atoms with Crippen LogP contribution in [0.2, 0.25) is 0 Å². The minimum absolute atomic E-state index is 0.0669. The molecule has 0 spiro atoms. The highest BCUT2D eigenvalue weighted by molar-refractivity contribution is 7.87. The van der Waals surface area contributed by atoms with E-state index in [1.807, 2.05) is 36.4 Å². The van der Waals surface area contributed by atoms with Crippen LogP contribution in [0, 0.1) is 0 Å². The second-order valence-electron chi connectivity index (χ2n) is 7.19. The summed E-state index contributed by atoms with van der Waals surface area (Å²) in [5.74, 6) is -1.05. The highest BCUT2D eigenvalue weighted by Crippen LogP contribution is 2.27. The molecule has 2 amide bonds. The number of hydrogen-bond donors (Lipinski definition) is 2. The number of benzene rings is 4. The molecule has 0 aliphatic carbocycles. The quantitative estimate of drug-likeness (QED) is 0.298. The van der Waals surface area contributed by atoms with E-state index in [4.69, 9.17) is 8.92 Å². The second-order valence-corrected chi connectivity index (χ2v) is 8.74. The molecule has 4 aromatic rings. The van der Waals surface area contributed by atoms with E-state index >= 15 is 0 Å². The van der Waals surface area contributed by atoms with Gasteiger partial charge in [-0.3, -0.25) is 0 Å². The van der Waals surface area contributed by atoms with E-state index in [0.717, 1.165) is 17.9 Å². The number of hydrogen-bond acceptors (Lipinski definition) is 6. The van der Waals surface area contributed by atoms with Gasteiger partial charge < -0.3 is 19.6 Å². The van der Waals surface area contributed by atoms with Crippen molar-refractivity contribution in [1.29, 1.82) is 0 Å². The fraction of sp³-hybridized carbons (Fsp3) is 0.0400. The molecule has 0 unspecified atom stereocenters. The molecular formula is C25H20N2O6S. The summed E-state index contributed by atoms with van der Waals surface area (Å²) in [7, 11) is -3.02. The van der Waals surface area contributed by atoms with Gasteiger partial charge in [0.05, 0.1) is 7.11 Å². The number of fused-ring (bicyclic) bond motifs is 1. The Kier molecular flexibility index (Phi) is 6.46. The van der Waals surface area contributed by atoms with Crippen LogP contribution < -0.4 is 14.8 Å². The van der Waals surface area contributed by atoms with Gasteiger partial charge in [0, 0.05) is 11.4 Å². The third-order valence-electron chi connectivity index (χ3n) is 4.88. The lowest BCUT2D eigenvalue weighted by Gasteiger charge is -2.13. The third kappa shape index (κ3) is 5.16. The average molecular weight is 477 g/mol. The largest absolute Gasteiger partial charge is 0.465 e. The van der Waals surface area contributed by atoms with Crippen molar-refractivity contribution >= 4 is 44.3 Å². The van der Waals surface area contributed by atoms with Crippen LogP contribution in [-0.2, 0) is 14.9 Å². The van der Waals surface area contributed by atoms with Gasteiger partial charge in [0.2, 0.25) is 0 Å². The molecule has 0 saturated heterocycles. The molecule has 0 fully saturated rings. The first-order valence-corrected chi connectivity index (χ1v) is 11.6. The minimum Gasteiger partial charge on any atom is -0.465 e. The van der Waals surface area contributed by atoms with E-state index < -0.39 is 22.1 Å². The highest BCUT2D eigenvalue weighted by atomic mass is 32.2. The molecule has 8 nitrogen and oxygen atoms in total. The first-order chi connectivity index (χ1) is 16.4. The number of esters is 1. The molecule has 34 heavy (non-hydrogen) atoms. The first kappa shape index (κ1) is 22.8. The van der Waals surface area contributed by atoms with Crippen molar-refractivity contribution in [3.8, 4) is 5.75 Å². The van der Waals surface area contributed by atoms with Crippen molar-refractivity contribution in [3.63, 3.8) is 0 Å². The Labute approximate surface area is 196 Å². The zero-order chi connectivity index (χ0) is 24.1. The van der Waals surface area contributed by atoms with Crippen LogP contribution in [0.15, 0.2) is 95.9 Å². The SMILES string of the molecule is COC(=O)c1cc(NC(=O)Nc2ccc3ccccc3c2)ccc1OS(=O)(=O)c1ccccc1. The second kappa shape index (κ2) is 9.63. The zero-order valence-corrected chi connectivity index (χ0v) is 18.8. The van der Waals surface area contributed by atoms with Crippen LogP contribution in [0.3, 0.4) is 0 Å². The summed E-state index contributed by atoms with van der Waals surface area (Å²) in [4.78, 5) is 24.7. The van der Waals surface area contributed by atoms with Crippen molar-refractivity contribution < 1.29 is 26.9 Å². The molecular weight excluding hydrogens is 456 g/mol. The lowest BCUT2D eigenvalue weighted by Crippen LogP contribution is -2.20. The molecule has 0 aliphatic heterocycles. The molecule has 0 radical (unpaired) electrons. The number of carbonyl (C=O) groups excluding carboxylic acids is 2. The van der Waals surface area contributed by atoms with Gasteiger partial charge in [0.1, 0.15) is 10.5 Å². The first-order valence-electron chi connectivity index (χ1n) is 10.1. The summed E-state index contributed by atoms with van der Waals surface area (Å²) in [6.45, 7) is 0. The van der Waals surface area contributed by atoms with E-state index in [0.29, 0.717) is 5.69 Å². The predicted molar refractivity (Wildman–Crippen MR) is 129 cm³/mol. The Morgan fingerprint density at radius 1 is 0.735 bits per heavy atom. The van der Waals surface area contributed by atoms with Gasteiger partial charge in [-0.2, -0.15) is 8.42 Å². The molecule has 9 heteroatoms. The summed E-state index contributed by atoms with van der Waals surface area (Å²) in [6.07, 6.45) is 0. The maximum Gasteiger partial charge on any atom is 0.341 e. The third-order valence-corrected chi connectivity index (χ3v) is 6.13. The molecule has 4 rings (SSSR count). The standard InChI is InChI=1S/C25H20N2O6S/c1-32-24(28)22-16-20(13-14-23(22)33-34(30,31)21-9-3-2-4-10-21)27-25(29)26-19-12-11-17-7-5-6-8-18(17)15-19/h2-16H,1H3,(H2,26,27,29). The van der Waals surface area contributed by atoms with E-state index in [9.17, 15) is 18.0 Å². The predicted octanol–water partition coefficient (Wildman–Crippen LogP) is 5.04. The average Bonchev–Trinajstić information content (AvgIpc) is 2.84. The summed E-state index contributed by atoms with van der Waals surface area (Å²) in [5.41, 5.74) is 0.659. The molecule has 0 atom stereocenters. The lowest BCUT2D eigenvalue weighted by molar-refractivity contribution is 0.0599. The lowest BCUT2D eigenvalue weighted by atomic mass is 10.1. The van der Waals surface area contributed by atoms with Gasteiger partial charge in [-0.25, -0.2) is 9.59 Å². The van der Waals surface area contributed by atoms with Crippen molar-refractivity contribution in [2.24, 2.45) is 0 Å². The Morgan fingerprint density at radius 3 is 2.06 bits per heavy atom. The van der Waals surface area contributed by atoms with Crippen molar-refractivity contribution in [1.82, 2.24) is 0 Å². The summed E-state index contributed by atoms with van der Waals surface area (Å²) >= 11 is 0. The van der Waals surface area contributed by atoms with Crippen LogP contribution in [0.1, 0.15) is 10.4 Å². The minimum atomic E-state index is -4.18. The summed E-state index contributed by atoms with van der Waals surface area (Å²) in [5, 5.41) is 7.35. The maximum absolute atomic E-state index is 12.6. The van der Waals surface area contributed by atoms with Gasteiger partial charge in [0.15, 0.2) is 5.75 Å². The summed E-state index contributed by atoms with van der Waals surface area (Å²) in [6, 6.07) is 24.2. The Bertz CT molecular complexity index is 1470. The number of nitrogens with one attached hydrogen (secondary N) is 2. The molecule has 0 bridgehead atoms. The van der Waals surface area contributed by atoms with Crippen LogP contribution in [0.5, 0.6) is 5.75 Å². The van der Waals surface area contributed by atoms with Gasteiger partial charge in [-0.1, -0.05) is 48.5 Å². The molecule has 0 heterocycles. The summed E-state index contributed by atoms with van der Waals surface area (Å²) < 4.78 is 35.1. The number of urea groups is 1. The number of anilines is 2. The van der Waals surface area contributed by atoms with Crippen LogP contribution in [-0.4, -0.2) is 27.5 Å². The Hall–Kier alpha value is -4.37. The molecule has 2 N–H and O–H groups in total. The van der Waals surface area contributed by atoms with E-state index in [1.165, 1.54) is 30.3 Å². The monoisotopic (exact) mass is 476 g/mol. The van der Waals surface area contributed by atoms with Crippen molar-refractivity contribution in [2.45, 2.75) is 4.90 Å². The van der Waals surface area contributed by atoms with Gasteiger partial charge in [-0.05, 0) is 53.2 Å². The van der Waals surface area contributed by atoms with E-state index in [-0.39, 0.29) is 21.9 Å². The number of carbonyl (C=O) groups is 2. The number of ether oxygens (including phenoxy) is 1. The normalized spacial score (nSPS) is 11.0. The molecule has 0 aliphatic rings. The number of amides is 2. The molecule has 172 valence electrons. The van der Waals surface area contributed by atoms with E-state index in [2.05, 4.69) is 10.6 Å². The smallest absolute Gasteiger partial charge is 0.341 e. The van der Waals surface area contributed by atoms with Crippen LogP contribution >= 0.6 is 0 Å². The molecule has 0 saturated carbocycles. The van der Waals surface area contributed by atoms with Gasteiger partial charge in [0.25, 0.3) is 0 Å². The topological polar surface area (TPSA) is 111 Å². The van der Waals surface area contributed by atoms with Crippen LogP contribution in [0.25, 0.3) is 10.8 Å². The Morgan fingerprint density at radius 2 is 1.35 bits per heavy atom. The molecule has 4 aromatic carbocycles. The number of methoxy groups -OCH3 is 1. The fourth-order valence-electron chi connectivity index (χ4n) is 3.26. The molecule has 0 aromatic heterocycles. The Balaban J connectivity index is 1.54. The van der Waals surface area contributed by atoms with Crippen molar-refractivity contribution in [3.05, 3.63) is 96.6 Å². The fourth-order valence-corrected chi connectivity index (χ4v) is 4.23. The van der Waals surface area contributed by atoms with Crippen LogP contribution in [0.4, 0.5) is 16.2 Å². The van der Waals surface area contributed by atoms with Gasteiger partial charge in [-0.15, -0.1) is 0 Å². The van der Waals surface area contributed by atoms with Crippen molar-refractivity contribution in [2.75, 3.05) is 17.7 Å². The van der Waals surface area contributed by atoms with Gasteiger partial charge >= 0.3 is 22.1 Å². The maximum atomic E-state index is 12.6. The number of rotatable bonds is 6. The zero-order valence-electron chi connectivity index (χ0n) is 18.0. The highest BCUT2D eigenvalue weighted by Gasteiger charge is 2.22.